The third-order valence-electron chi connectivity index (χ3n) is 4.65. The lowest BCUT2D eigenvalue weighted by Gasteiger charge is -2.36. The molecule has 1 saturated heterocycles. The summed E-state index contributed by atoms with van der Waals surface area (Å²) in [7, 11) is 0. The Bertz CT molecular complexity index is 398. The highest BCUT2D eigenvalue weighted by Gasteiger charge is 2.32. The molecule has 106 valence electrons. The molecule has 19 heavy (non-hydrogen) atoms. The van der Waals surface area contributed by atoms with E-state index in [0.717, 1.165) is 30.0 Å². The molecule has 2 aliphatic rings. The lowest BCUT2D eigenvalue weighted by atomic mass is 9.79. The maximum absolute atomic E-state index is 5.29. The van der Waals surface area contributed by atoms with Gasteiger partial charge in [0.15, 0.2) is 5.76 Å². The largest absolute Gasteiger partial charge is 0.360 e. The molecule has 0 radical (unpaired) electrons. The molecule has 1 aromatic heterocycles. The minimum Gasteiger partial charge on any atom is -0.360 e. The highest BCUT2D eigenvalue weighted by molar-refractivity contribution is 5.03. The Morgan fingerprint density at radius 1 is 1.32 bits per heavy atom. The van der Waals surface area contributed by atoms with Gasteiger partial charge in [-0.25, -0.2) is 0 Å². The van der Waals surface area contributed by atoms with Gasteiger partial charge in [0.2, 0.25) is 0 Å². The predicted octanol–water partition coefficient (Wildman–Crippen LogP) is 2.38. The van der Waals surface area contributed by atoms with E-state index in [0.29, 0.717) is 6.04 Å². The van der Waals surface area contributed by atoms with Crippen LogP contribution in [0.4, 0.5) is 0 Å². The molecular weight excluding hydrogens is 238 g/mol. The zero-order valence-electron chi connectivity index (χ0n) is 11.8. The molecule has 0 bridgehead atoms. The molecule has 0 aromatic carbocycles. The van der Waals surface area contributed by atoms with Crippen molar-refractivity contribution in [2.24, 2.45) is 5.92 Å². The van der Waals surface area contributed by atoms with E-state index >= 15 is 0 Å². The van der Waals surface area contributed by atoms with Gasteiger partial charge in [0.1, 0.15) is 0 Å². The number of aryl methyl sites for hydroxylation is 1. The topological polar surface area (TPSA) is 50.1 Å². The van der Waals surface area contributed by atoms with Crippen molar-refractivity contribution in [2.45, 2.75) is 64.1 Å². The van der Waals surface area contributed by atoms with Crippen molar-refractivity contribution in [2.75, 3.05) is 6.54 Å². The molecule has 4 nitrogen and oxygen atoms in total. The van der Waals surface area contributed by atoms with Crippen LogP contribution in [0.15, 0.2) is 10.6 Å². The second-order valence-corrected chi connectivity index (χ2v) is 6.07. The third kappa shape index (κ3) is 3.18. The molecule has 3 unspecified atom stereocenters. The van der Waals surface area contributed by atoms with E-state index in [2.05, 4.69) is 15.8 Å². The smallest absolute Gasteiger partial charge is 0.150 e. The summed E-state index contributed by atoms with van der Waals surface area (Å²) in [4.78, 5) is 0. The molecule has 3 rings (SSSR count). The molecule has 1 saturated carbocycles. The van der Waals surface area contributed by atoms with Crippen LogP contribution in [0.5, 0.6) is 0 Å². The van der Waals surface area contributed by atoms with Crippen molar-refractivity contribution >= 4 is 0 Å². The van der Waals surface area contributed by atoms with Crippen LogP contribution in [-0.4, -0.2) is 23.8 Å². The number of aromatic nitrogens is 1. The Labute approximate surface area is 115 Å². The van der Waals surface area contributed by atoms with Crippen molar-refractivity contribution in [1.29, 1.82) is 0 Å². The van der Waals surface area contributed by atoms with Gasteiger partial charge >= 0.3 is 0 Å². The Kier molecular flexibility index (Phi) is 4.18. The molecule has 1 aromatic rings. The van der Waals surface area contributed by atoms with E-state index in [1.165, 1.54) is 45.1 Å². The first-order valence-electron chi connectivity index (χ1n) is 7.72. The van der Waals surface area contributed by atoms with Gasteiger partial charge in [-0.2, -0.15) is 0 Å². The predicted molar refractivity (Wildman–Crippen MR) is 74.9 cm³/mol. The summed E-state index contributed by atoms with van der Waals surface area (Å²) in [5, 5.41) is 11.3. The molecule has 1 aliphatic carbocycles. The van der Waals surface area contributed by atoms with E-state index in [-0.39, 0.29) is 0 Å². The van der Waals surface area contributed by atoms with Crippen LogP contribution in [0.1, 0.15) is 50.0 Å². The van der Waals surface area contributed by atoms with E-state index in [9.17, 15) is 0 Å². The third-order valence-corrected chi connectivity index (χ3v) is 4.65. The molecule has 1 aliphatic heterocycles. The molecule has 3 atom stereocenters. The fourth-order valence-corrected chi connectivity index (χ4v) is 3.70. The van der Waals surface area contributed by atoms with Gasteiger partial charge in [-0.05, 0) is 45.1 Å². The van der Waals surface area contributed by atoms with Crippen LogP contribution in [0.3, 0.4) is 0 Å². The standard InChI is InChI=1S/C15H25N3O/c1-11-9-12(19-18-11)10-17-15-6-3-2-5-13(15)14-7-4-8-16-14/h9,13-17H,2-8,10H2,1H3. The fraction of sp³-hybridized carbons (Fsp3) is 0.800. The number of rotatable bonds is 4. The van der Waals surface area contributed by atoms with Crippen LogP contribution in [0, 0.1) is 12.8 Å². The first-order valence-corrected chi connectivity index (χ1v) is 7.72. The molecule has 4 heteroatoms. The van der Waals surface area contributed by atoms with Crippen molar-refractivity contribution in [3.63, 3.8) is 0 Å². The van der Waals surface area contributed by atoms with Gasteiger partial charge in [0.05, 0.1) is 12.2 Å². The second kappa shape index (κ2) is 6.06. The molecule has 0 amide bonds. The van der Waals surface area contributed by atoms with Crippen LogP contribution in [0.2, 0.25) is 0 Å². The Hall–Kier alpha value is -0.870. The Morgan fingerprint density at radius 3 is 2.95 bits per heavy atom. The summed E-state index contributed by atoms with van der Waals surface area (Å²) in [6, 6.07) is 3.39. The van der Waals surface area contributed by atoms with E-state index in [4.69, 9.17) is 4.52 Å². The number of hydrogen-bond acceptors (Lipinski definition) is 4. The van der Waals surface area contributed by atoms with Gasteiger partial charge in [-0.1, -0.05) is 18.0 Å². The lowest BCUT2D eigenvalue weighted by Crippen LogP contribution is -2.46. The van der Waals surface area contributed by atoms with Crippen LogP contribution >= 0.6 is 0 Å². The average Bonchev–Trinajstić information content (AvgIpc) is 3.08. The first kappa shape index (κ1) is 13.1. The summed E-state index contributed by atoms with van der Waals surface area (Å²) in [5.41, 5.74) is 0.967. The van der Waals surface area contributed by atoms with Crippen molar-refractivity contribution in [3.8, 4) is 0 Å². The first-order chi connectivity index (χ1) is 9.33. The molecule has 2 heterocycles. The minimum absolute atomic E-state index is 0.634. The molecule has 0 spiro atoms. The van der Waals surface area contributed by atoms with Crippen LogP contribution in [0.25, 0.3) is 0 Å². The maximum atomic E-state index is 5.29. The highest BCUT2D eigenvalue weighted by atomic mass is 16.5. The van der Waals surface area contributed by atoms with E-state index in [1.807, 2.05) is 13.0 Å². The van der Waals surface area contributed by atoms with Crippen molar-refractivity contribution < 1.29 is 4.52 Å². The normalized spacial score (nSPS) is 31.7. The van der Waals surface area contributed by atoms with E-state index in [1.54, 1.807) is 0 Å². The summed E-state index contributed by atoms with van der Waals surface area (Å²) in [6.45, 7) is 3.99. The SMILES string of the molecule is Cc1cc(CNC2CCCCC2C2CCCN2)on1. The summed E-state index contributed by atoms with van der Waals surface area (Å²) in [5.74, 6) is 1.75. The molecule has 2 fully saturated rings. The van der Waals surface area contributed by atoms with Crippen molar-refractivity contribution in [3.05, 3.63) is 17.5 Å². The highest BCUT2D eigenvalue weighted by Crippen LogP contribution is 2.30. The van der Waals surface area contributed by atoms with E-state index < -0.39 is 0 Å². The van der Waals surface area contributed by atoms with Crippen LogP contribution in [-0.2, 0) is 6.54 Å². The van der Waals surface area contributed by atoms with Gasteiger partial charge < -0.3 is 15.2 Å². The summed E-state index contributed by atoms with van der Waals surface area (Å²) in [6.07, 6.45) is 8.11. The zero-order chi connectivity index (χ0) is 13.1. The summed E-state index contributed by atoms with van der Waals surface area (Å²) >= 11 is 0. The Balaban J connectivity index is 1.57. The maximum Gasteiger partial charge on any atom is 0.150 e. The Morgan fingerprint density at radius 2 is 2.21 bits per heavy atom. The van der Waals surface area contributed by atoms with Gasteiger partial charge in [-0.3, -0.25) is 0 Å². The molecular formula is C15H25N3O. The lowest BCUT2D eigenvalue weighted by molar-refractivity contribution is 0.208. The van der Waals surface area contributed by atoms with Gasteiger partial charge in [0, 0.05) is 18.2 Å². The molecule has 2 N–H and O–H groups in total. The van der Waals surface area contributed by atoms with Crippen LogP contribution < -0.4 is 10.6 Å². The quantitative estimate of drug-likeness (QED) is 0.875. The average molecular weight is 263 g/mol. The van der Waals surface area contributed by atoms with Gasteiger partial charge in [0.25, 0.3) is 0 Å². The van der Waals surface area contributed by atoms with Gasteiger partial charge in [-0.15, -0.1) is 0 Å². The van der Waals surface area contributed by atoms with Crippen molar-refractivity contribution in [1.82, 2.24) is 15.8 Å². The monoisotopic (exact) mass is 263 g/mol. The number of hydrogen-bond donors (Lipinski definition) is 2. The minimum atomic E-state index is 0.634. The number of nitrogens with one attached hydrogen (secondary N) is 2. The summed E-state index contributed by atoms with van der Waals surface area (Å²) < 4.78 is 5.29. The fourth-order valence-electron chi connectivity index (χ4n) is 3.70. The number of nitrogens with zero attached hydrogens (tertiary/aromatic N) is 1. The second-order valence-electron chi connectivity index (χ2n) is 6.07. The zero-order valence-corrected chi connectivity index (χ0v) is 11.8.